The monoisotopic (exact) mass is 601 g/mol. The quantitative estimate of drug-likeness (QED) is 0.0586. The Morgan fingerprint density at radius 2 is 1.56 bits per heavy atom. The number of aliphatic carboxylic acids is 1. The Bertz CT molecular complexity index is 1240. The molecule has 1 heterocycles. The van der Waals surface area contributed by atoms with E-state index < -0.39 is 47.9 Å². The minimum atomic E-state index is -1.24. The number of aliphatic imine (C=N–C) groups is 1. The highest BCUT2D eigenvalue weighted by atomic mass is 16.4. The number of aromatic nitrogens is 1. The Balaban J connectivity index is 2.30. The van der Waals surface area contributed by atoms with Crippen molar-refractivity contribution >= 4 is 40.6 Å². The van der Waals surface area contributed by atoms with Crippen LogP contribution in [0.3, 0.4) is 0 Å². The minimum absolute atomic E-state index is 0.0663. The van der Waals surface area contributed by atoms with Crippen molar-refractivity contribution in [1.29, 1.82) is 0 Å². The Morgan fingerprint density at radius 3 is 2.21 bits per heavy atom. The van der Waals surface area contributed by atoms with E-state index in [9.17, 15) is 24.3 Å². The lowest BCUT2D eigenvalue weighted by atomic mass is 9.98. The molecule has 14 nitrogen and oxygen atoms in total. The van der Waals surface area contributed by atoms with Crippen molar-refractivity contribution in [2.24, 2.45) is 33.8 Å². The highest BCUT2D eigenvalue weighted by Gasteiger charge is 2.31. The number of H-pyrrole nitrogens is 1. The average molecular weight is 602 g/mol. The summed E-state index contributed by atoms with van der Waals surface area (Å²) < 4.78 is 0. The first-order chi connectivity index (χ1) is 20.5. The van der Waals surface area contributed by atoms with Crippen molar-refractivity contribution in [2.45, 2.75) is 83.0 Å². The summed E-state index contributed by atoms with van der Waals surface area (Å²) in [4.78, 5) is 59.0. The van der Waals surface area contributed by atoms with Crippen molar-refractivity contribution in [3.8, 4) is 0 Å². The number of benzene rings is 1. The lowest BCUT2D eigenvalue weighted by molar-refractivity contribution is -0.142. The van der Waals surface area contributed by atoms with Crippen molar-refractivity contribution in [1.82, 2.24) is 20.9 Å². The third-order valence-corrected chi connectivity index (χ3v) is 7.43. The molecule has 0 aliphatic carbocycles. The number of hydrogen-bond acceptors (Lipinski definition) is 7. The zero-order valence-corrected chi connectivity index (χ0v) is 25.0. The number of carbonyl (C=O) groups is 4. The molecule has 0 saturated carbocycles. The second-order valence-electron chi connectivity index (χ2n) is 10.7. The molecule has 0 radical (unpaired) electrons. The van der Waals surface area contributed by atoms with Gasteiger partial charge in [-0.15, -0.1) is 0 Å². The zero-order chi connectivity index (χ0) is 31.9. The average Bonchev–Trinajstić information content (AvgIpc) is 3.39. The van der Waals surface area contributed by atoms with E-state index in [0.717, 1.165) is 16.5 Å². The number of amides is 3. The Hall–Kier alpha value is -4.17. The van der Waals surface area contributed by atoms with Gasteiger partial charge in [0, 0.05) is 30.1 Å². The number of rotatable bonds is 19. The van der Waals surface area contributed by atoms with Gasteiger partial charge >= 0.3 is 5.97 Å². The zero-order valence-electron chi connectivity index (χ0n) is 25.0. The van der Waals surface area contributed by atoms with Gasteiger partial charge in [-0.2, -0.15) is 0 Å². The second-order valence-corrected chi connectivity index (χ2v) is 10.7. The van der Waals surface area contributed by atoms with Crippen LogP contribution < -0.4 is 38.9 Å². The lowest BCUT2D eigenvalue weighted by Gasteiger charge is -2.26. The number of aromatic amines is 1. The standard InChI is InChI=1S/C29H47N9O5/c1-3-17(2)24(31)27(41)36-21(11-6-7-13-30)25(39)38-23(15-18-16-35-20-10-5-4-9-19(18)20)26(40)37-22(28(42)43)12-8-14-34-29(32)33/h4-5,9-10,16-17,21-24,35H,3,6-8,11-15,30-31H2,1-2H3,(H,36,41)(H,37,40)(H,38,39)(H,42,43)(H4,32,33,34). The molecule has 2 rings (SSSR count). The number of carboxylic acids is 1. The molecule has 3 amide bonds. The number of carbonyl (C=O) groups excluding carboxylic acids is 3. The number of nitrogens with one attached hydrogen (secondary N) is 4. The van der Waals surface area contributed by atoms with Crippen LogP contribution in [-0.4, -0.2) is 77.0 Å². The first-order valence-corrected chi connectivity index (χ1v) is 14.7. The molecule has 0 fully saturated rings. The molecule has 238 valence electrons. The van der Waals surface area contributed by atoms with Gasteiger partial charge in [0.15, 0.2) is 5.96 Å². The fraction of sp³-hybridized carbons (Fsp3) is 0.552. The molecule has 1 aromatic carbocycles. The van der Waals surface area contributed by atoms with Crippen LogP contribution in [-0.2, 0) is 25.6 Å². The number of hydrogen-bond donors (Lipinski definition) is 9. The van der Waals surface area contributed by atoms with Gasteiger partial charge in [-0.05, 0) is 56.2 Å². The third-order valence-electron chi connectivity index (χ3n) is 7.43. The molecule has 43 heavy (non-hydrogen) atoms. The van der Waals surface area contributed by atoms with Crippen LogP contribution >= 0.6 is 0 Å². The Kier molecular flexibility index (Phi) is 14.4. The summed E-state index contributed by atoms with van der Waals surface area (Å²) in [6.45, 7) is 4.38. The lowest BCUT2D eigenvalue weighted by Crippen LogP contribution is -2.58. The highest BCUT2D eigenvalue weighted by molar-refractivity contribution is 5.95. The van der Waals surface area contributed by atoms with Crippen LogP contribution in [0.15, 0.2) is 35.5 Å². The summed E-state index contributed by atoms with van der Waals surface area (Å²) >= 11 is 0. The van der Waals surface area contributed by atoms with E-state index in [1.165, 1.54) is 0 Å². The third kappa shape index (κ3) is 11.2. The van der Waals surface area contributed by atoms with Crippen LogP contribution in [0, 0.1) is 5.92 Å². The number of guanidine groups is 1. The largest absolute Gasteiger partial charge is 0.480 e. The molecule has 5 atom stereocenters. The molecular formula is C29H47N9O5. The van der Waals surface area contributed by atoms with Crippen LogP contribution in [0.25, 0.3) is 10.9 Å². The molecule has 13 N–H and O–H groups in total. The van der Waals surface area contributed by atoms with Crippen LogP contribution in [0.5, 0.6) is 0 Å². The van der Waals surface area contributed by atoms with Crippen molar-refractivity contribution < 1.29 is 24.3 Å². The maximum atomic E-state index is 13.6. The molecule has 0 saturated heterocycles. The number of carboxylic acid groups (broad SMARTS) is 1. The summed E-state index contributed by atoms with van der Waals surface area (Å²) in [7, 11) is 0. The number of nitrogens with zero attached hydrogens (tertiary/aromatic N) is 1. The van der Waals surface area contributed by atoms with Gasteiger partial charge in [0.25, 0.3) is 0 Å². The van der Waals surface area contributed by atoms with Gasteiger partial charge in [-0.3, -0.25) is 19.4 Å². The normalized spacial score (nSPS) is 14.6. The van der Waals surface area contributed by atoms with E-state index in [2.05, 4.69) is 25.9 Å². The van der Waals surface area contributed by atoms with Gasteiger partial charge in [-0.25, -0.2) is 4.79 Å². The predicted octanol–water partition coefficient (Wildman–Crippen LogP) is -0.195. The predicted molar refractivity (Wildman–Crippen MR) is 166 cm³/mol. The van der Waals surface area contributed by atoms with Gasteiger partial charge in [0.2, 0.25) is 17.7 Å². The van der Waals surface area contributed by atoms with Crippen LogP contribution in [0.4, 0.5) is 0 Å². The molecule has 0 aliphatic rings. The molecule has 0 spiro atoms. The van der Waals surface area contributed by atoms with E-state index in [1.807, 2.05) is 38.1 Å². The van der Waals surface area contributed by atoms with Gasteiger partial charge < -0.3 is 49.0 Å². The van der Waals surface area contributed by atoms with Gasteiger partial charge in [0.1, 0.15) is 18.1 Å². The maximum Gasteiger partial charge on any atom is 0.326 e. The van der Waals surface area contributed by atoms with E-state index >= 15 is 0 Å². The summed E-state index contributed by atoms with van der Waals surface area (Å²) in [6.07, 6.45) is 4.34. The van der Waals surface area contributed by atoms with Gasteiger partial charge in [0.05, 0.1) is 6.04 Å². The van der Waals surface area contributed by atoms with E-state index in [4.69, 9.17) is 22.9 Å². The number of para-hydroxylation sites is 1. The first-order valence-electron chi connectivity index (χ1n) is 14.7. The van der Waals surface area contributed by atoms with Gasteiger partial charge in [-0.1, -0.05) is 38.5 Å². The summed E-state index contributed by atoms with van der Waals surface area (Å²) in [6, 6.07) is 3.32. The van der Waals surface area contributed by atoms with Crippen molar-refractivity contribution in [3.63, 3.8) is 0 Å². The number of unbranched alkanes of at least 4 members (excludes halogenated alkanes) is 1. The second kappa shape index (κ2) is 17.7. The van der Waals surface area contributed by atoms with E-state index in [-0.39, 0.29) is 37.7 Å². The highest BCUT2D eigenvalue weighted by Crippen LogP contribution is 2.19. The molecule has 14 heteroatoms. The van der Waals surface area contributed by atoms with Crippen LogP contribution in [0.2, 0.25) is 0 Å². The maximum absolute atomic E-state index is 13.6. The van der Waals surface area contributed by atoms with Crippen molar-refractivity contribution in [2.75, 3.05) is 13.1 Å². The summed E-state index contributed by atoms with van der Waals surface area (Å²) in [5, 5.41) is 18.7. The summed E-state index contributed by atoms with van der Waals surface area (Å²) in [5.74, 6) is -3.19. The molecule has 0 aliphatic heterocycles. The Morgan fingerprint density at radius 1 is 0.930 bits per heavy atom. The Labute approximate surface area is 251 Å². The van der Waals surface area contributed by atoms with E-state index in [1.54, 1.807) is 6.20 Å². The minimum Gasteiger partial charge on any atom is -0.480 e. The summed E-state index contributed by atoms with van der Waals surface area (Å²) in [5.41, 5.74) is 24.0. The molecule has 1 aromatic heterocycles. The molecule has 2 aromatic rings. The molecular weight excluding hydrogens is 554 g/mol. The smallest absolute Gasteiger partial charge is 0.326 e. The van der Waals surface area contributed by atoms with Crippen LogP contribution in [0.1, 0.15) is 57.9 Å². The fourth-order valence-electron chi connectivity index (χ4n) is 4.58. The van der Waals surface area contributed by atoms with Crippen molar-refractivity contribution in [3.05, 3.63) is 36.0 Å². The fourth-order valence-corrected chi connectivity index (χ4v) is 4.58. The van der Waals surface area contributed by atoms with E-state index in [0.29, 0.717) is 32.2 Å². The topological polar surface area (TPSA) is 257 Å². The first kappa shape index (κ1) is 35.0. The number of fused-ring (bicyclic) bond motifs is 1. The molecule has 5 unspecified atom stereocenters. The number of nitrogens with two attached hydrogens (primary N) is 4. The molecule has 0 bridgehead atoms. The SMILES string of the molecule is CCC(C)C(N)C(=O)NC(CCCCN)C(=O)NC(Cc1c[nH]c2ccccc12)C(=O)NC(CCCN=C(N)N)C(=O)O.